The van der Waals surface area contributed by atoms with Crippen LogP contribution >= 0.6 is 15.9 Å². The predicted octanol–water partition coefficient (Wildman–Crippen LogP) is 1.01. The monoisotopic (exact) mass is 301 g/mol. The Morgan fingerprint density at radius 1 is 1.76 bits per heavy atom. The molecule has 1 saturated carbocycles. The summed E-state index contributed by atoms with van der Waals surface area (Å²) in [6.07, 6.45) is 2.56. The number of ether oxygens (including phenoxy) is 1. The molecule has 0 bridgehead atoms. The average molecular weight is 302 g/mol. The highest BCUT2D eigenvalue weighted by atomic mass is 79.9. The highest BCUT2D eigenvalue weighted by Crippen LogP contribution is 2.23. The third kappa shape index (κ3) is 2.70. The van der Waals surface area contributed by atoms with E-state index in [1.54, 1.807) is 12.3 Å². The SMILES string of the molecule is CCOC1CC(N)C1NC(=O)c1cc(Br)c[nH]1. The zero-order valence-electron chi connectivity index (χ0n) is 9.57. The molecule has 3 atom stereocenters. The quantitative estimate of drug-likeness (QED) is 0.776. The molecular formula is C11H16BrN3O2. The summed E-state index contributed by atoms with van der Waals surface area (Å²) in [5.74, 6) is -0.152. The first-order valence-corrected chi connectivity index (χ1v) is 6.43. The van der Waals surface area contributed by atoms with E-state index < -0.39 is 0 Å². The zero-order valence-corrected chi connectivity index (χ0v) is 11.2. The fourth-order valence-electron chi connectivity index (χ4n) is 1.96. The van der Waals surface area contributed by atoms with Gasteiger partial charge in [-0.1, -0.05) is 0 Å². The van der Waals surface area contributed by atoms with Crippen LogP contribution in [-0.4, -0.2) is 35.7 Å². The minimum absolute atomic E-state index is 0.0195. The van der Waals surface area contributed by atoms with Crippen LogP contribution in [0.3, 0.4) is 0 Å². The van der Waals surface area contributed by atoms with Crippen LogP contribution in [-0.2, 0) is 4.74 Å². The molecule has 4 N–H and O–H groups in total. The maximum Gasteiger partial charge on any atom is 0.268 e. The summed E-state index contributed by atoms with van der Waals surface area (Å²) in [7, 11) is 0. The van der Waals surface area contributed by atoms with Crippen molar-refractivity contribution in [3.05, 3.63) is 22.4 Å². The van der Waals surface area contributed by atoms with Crippen molar-refractivity contribution in [2.75, 3.05) is 6.61 Å². The summed E-state index contributed by atoms with van der Waals surface area (Å²) in [4.78, 5) is 14.8. The average Bonchev–Trinajstić information content (AvgIpc) is 2.72. The fraction of sp³-hybridized carbons (Fsp3) is 0.545. The molecule has 1 aromatic heterocycles. The Kier molecular flexibility index (Phi) is 3.86. The molecule has 6 heteroatoms. The van der Waals surface area contributed by atoms with Crippen molar-refractivity contribution >= 4 is 21.8 Å². The molecule has 0 saturated heterocycles. The van der Waals surface area contributed by atoms with Crippen molar-refractivity contribution in [3.63, 3.8) is 0 Å². The van der Waals surface area contributed by atoms with Gasteiger partial charge < -0.3 is 20.8 Å². The number of carbonyl (C=O) groups is 1. The molecule has 17 heavy (non-hydrogen) atoms. The van der Waals surface area contributed by atoms with Gasteiger partial charge in [0, 0.05) is 23.3 Å². The van der Waals surface area contributed by atoms with E-state index in [4.69, 9.17) is 10.5 Å². The Morgan fingerprint density at radius 3 is 3.06 bits per heavy atom. The molecule has 1 aliphatic rings. The molecule has 1 amide bonds. The number of rotatable bonds is 4. The predicted molar refractivity (Wildman–Crippen MR) is 67.8 cm³/mol. The first-order valence-electron chi connectivity index (χ1n) is 5.63. The number of H-pyrrole nitrogens is 1. The normalized spacial score (nSPS) is 27.6. The van der Waals surface area contributed by atoms with Crippen LogP contribution in [0.1, 0.15) is 23.8 Å². The van der Waals surface area contributed by atoms with Crippen molar-refractivity contribution in [2.45, 2.75) is 31.5 Å². The number of amides is 1. The molecular weight excluding hydrogens is 286 g/mol. The Bertz CT molecular complexity index is 405. The van der Waals surface area contributed by atoms with Crippen molar-refractivity contribution in [1.82, 2.24) is 10.3 Å². The van der Waals surface area contributed by atoms with E-state index in [-0.39, 0.29) is 24.1 Å². The first kappa shape index (κ1) is 12.6. The second kappa shape index (κ2) is 5.20. The van der Waals surface area contributed by atoms with Gasteiger partial charge in [0.1, 0.15) is 5.69 Å². The Balaban J connectivity index is 1.94. The molecule has 1 heterocycles. The van der Waals surface area contributed by atoms with E-state index in [0.29, 0.717) is 12.3 Å². The largest absolute Gasteiger partial charge is 0.376 e. The molecule has 0 aliphatic heterocycles. The highest BCUT2D eigenvalue weighted by molar-refractivity contribution is 9.10. The second-order valence-corrected chi connectivity index (χ2v) is 5.04. The van der Waals surface area contributed by atoms with Crippen LogP contribution in [0.15, 0.2) is 16.7 Å². The van der Waals surface area contributed by atoms with Gasteiger partial charge in [-0.3, -0.25) is 4.79 Å². The molecule has 5 nitrogen and oxygen atoms in total. The number of nitrogens with two attached hydrogens (primary N) is 1. The summed E-state index contributed by atoms with van der Waals surface area (Å²) in [6, 6.07) is 1.62. The number of halogens is 1. The number of carbonyl (C=O) groups excluding carboxylic acids is 1. The zero-order chi connectivity index (χ0) is 12.4. The third-order valence-electron chi connectivity index (χ3n) is 2.94. The van der Waals surface area contributed by atoms with Crippen LogP contribution < -0.4 is 11.1 Å². The van der Waals surface area contributed by atoms with Crippen molar-refractivity contribution in [2.24, 2.45) is 5.73 Å². The number of hydrogen-bond acceptors (Lipinski definition) is 3. The van der Waals surface area contributed by atoms with Gasteiger partial charge in [0.15, 0.2) is 0 Å². The van der Waals surface area contributed by atoms with Gasteiger partial charge in [0.05, 0.1) is 12.1 Å². The molecule has 2 rings (SSSR count). The maximum atomic E-state index is 11.9. The molecule has 1 aliphatic carbocycles. The Labute approximate surface area is 108 Å². The van der Waals surface area contributed by atoms with Crippen LogP contribution in [0.2, 0.25) is 0 Å². The summed E-state index contributed by atoms with van der Waals surface area (Å²) >= 11 is 3.29. The van der Waals surface area contributed by atoms with Crippen LogP contribution in [0.5, 0.6) is 0 Å². The van der Waals surface area contributed by atoms with Gasteiger partial charge in [-0.2, -0.15) is 0 Å². The molecule has 0 aromatic carbocycles. The van der Waals surface area contributed by atoms with Crippen molar-refractivity contribution < 1.29 is 9.53 Å². The minimum Gasteiger partial charge on any atom is -0.376 e. The van der Waals surface area contributed by atoms with Crippen LogP contribution in [0, 0.1) is 0 Å². The number of aromatic amines is 1. The van der Waals surface area contributed by atoms with E-state index >= 15 is 0 Å². The van der Waals surface area contributed by atoms with E-state index in [1.807, 2.05) is 6.92 Å². The van der Waals surface area contributed by atoms with Gasteiger partial charge >= 0.3 is 0 Å². The summed E-state index contributed by atoms with van der Waals surface area (Å²) in [5.41, 5.74) is 6.38. The smallest absolute Gasteiger partial charge is 0.268 e. The van der Waals surface area contributed by atoms with Gasteiger partial charge in [-0.25, -0.2) is 0 Å². The van der Waals surface area contributed by atoms with Gasteiger partial charge in [0.25, 0.3) is 5.91 Å². The Hall–Kier alpha value is -0.850. The fourth-order valence-corrected chi connectivity index (χ4v) is 2.30. The van der Waals surface area contributed by atoms with E-state index in [0.717, 1.165) is 10.9 Å². The van der Waals surface area contributed by atoms with Crippen molar-refractivity contribution in [3.8, 4) is 0 Å². The standard InChI is InChI=1S/C11H16BrN3O2/c1-2-17-9-4-7(13)10(9)15-11(16)8-3-6(12)5-14-8/h3,5,7,9-10,14H,2,4,13H2,1H3,(H,15,16). The molecule has 0 spiro atoms. The molecule has 1 aromatic rings. The lowest BCUT2D eigenvalue weighted by molar-refractivity contribution is -0.0300. The van der Waals surface area contributed by atoms with Crippen molar-refractivity contribution in [1.29, 1.82) is 0 Å². The van der Waals surface area contributed by atoms with Gasteiger partial charge in [-0.05, 0) is 35.3 Å². The van der Waals surface area contributed by atoms with E-state index in [1.165, 1.54) is 0 Å². The molecule has 1 fully saturated rings. The maximum absolute atomic E-state index is 11.9. The van der Waals surface area contributed by atoms with E-state index in [2.05, 4.69) is 26.2 Å². The lowest BCUT2D eigenvalue weighted by Gasteiger charge is -2.42. The molecule has 94 valence electrons. The number of hydrogen-bond donors (Lipinski definition) is 3. The van der Waals surface area contributed by atoms with Crippen LogP contribution in [0.25, 0.3) is 0 Å². The first-order chi connectivity index (χ1) is 8.11. The van der Waals surface area contributed by atoms with Gasteiger partial charge in [-0.15, -0.1) is 0 Å². The summed E-state index contributed by atoms with van der Waals surface area (Å²) < 4.78 is 6.34. The summed E-state index contributed by atoms with van der Waals surface area (Å²) in [6.45, 7) is 2.57. The molecule has 3 unspecified atom stereocenters. The summed E-state index contributed by atoms with van der Waals surface area (Å²) in [5, 5.41) is 2.89. The third-order valence-corrected chi connectivity index (χ3v) is 3.40. The number of aromatic nitrogens is 1. The lowest BCUT2D eigenvalue weighted by Crippen LogP contribution is -2.64. The second-order valence-electron chi connectivity index (χ2n) is 4.12. The minimum atomic E-state index is -0.152. The lowest BCUT2D eigenvalue weighted by atomic mass is 9.83. The molecule has 0 radical (unpaired) electrons. The highest BCUT2D eigenvalue weighted by Gasteiger charge is 2.40. The topological polar surface area (TPSA) is 80.1 Å². The Morgan fingerprint density at radius 2 is 2.53 bits per heavy atom. The van der Waals surface area contributed by atoms with Gasteiger partial charge in [0.2, 0.25) is 0 Å². The van der Waals surface area contributed by atoms with E-state index in [9.17, 15) is 4.79 Å². The number of nitrogens with one attached hydrogen (secondary N) is 2. The van der Waals surface area contributed by atoms with Crippen LogP contribution in [0.4, 0.5) is 0 Å².